The predicted octanol–water partition coefficient (Wildman–Crippen LogP) is 2.99. The van der Waals surface area contributed by atoms with Gasteiger partial charge in [-0.2, -0.15) is 5.10 Å². The molecule has 1 amide bonds. The molecule has 0 saturated carbocycles. The van der Waals surface area contributed by atoms with Crippen LogP contribution < -0.4 is 5.56 Å². The Hall–Kier alpha value is -3.02. The van der Waals surface area contributed by atoms with Crippen molar-refractivity contribution in [1.82, 2.24) is 14.7 Å². The molecule has 0 N–H and O–H groups in total. The van der Waals surface area contributed by atoms with E-state index in [4.69, 9.17) is 0 Å². The molecule has 0 aliphatic heterocycles. The minimum absolute atomic E-state index is 0.0167. The van der Waals surface area contributed by atoms with Crippen molar-refractivity contribution in [2.24, 2.45) is 0 Å². The van der Waals surface area contributed by atoms with Gasteiger partial charge < -0.3 is 4.90 Å². The first kappa shape index (κ1) is 18.8. The zero-order valence-electron chi connectivity index (χ0n) is 15.5. The molecule has 3 aromatic rings. The third-order valence-electron chi connectivity index (χ3n) is 4.66. The van der Waals surface area contributed by atoms with Crippen LogP contribution in [0.1, 0.15) is 25.1 Å². The fourth-order valence-electron chi connectivity index (χ4n) is 3.16. The minimum atomic E-state index is -0.389. The zero-order valence-corrected chi connectivity index (χ0v) is 15.5. The molecule has 0 fully saturated rings. The van der Waals surface area contributed by atoms with Crippen molar-refractivity contribution < 1.29 is 9.18 Å². The second kappa shape index (κ2) is 8.12. The van der Waals surface area contributed by atoms with Crippen LogP contribution in [0.2, 0.25) is 0 Å². The maximum Gasteiger partial charge on any atom is 0.274 e. The van der Waals surface area contributed by atoms with Gasteiger partial charge in [0.15, 0.2) is 0 Å². The Morgan fingerprint density at radius 2 is 1.67 bits per heavy atom. The SMILES string of the molecule is CCN(CC)C(=O)Cc1nn(Cc2ccccc2F)c(=O)c2ccccc12. The van der Waals surface area contributed by atoms with E-state index < -0.39 is 0 Å². The fraction of sp³-hybridized carbons (Fsp3) is 0.286. The van der Waals surface area contributed by atoms with Crippen LogP contribution in [-0.4, -0.2) is 33.7 Å². The van der Waals surface area contributed by atoms with E-state index in [2.05, 4.69) is 5.10 Å². The lowest BCUT2D eigenvalue weighted by Crippen LogP contribution is -2.33. The topological polar surface area (TPSA) is 55.2 Å². The maximum atomic E-state index is 14.0. The predicted molar refractivity (Wildman–Crippen MR) is 103 cm³/mol. The molecule has 0 saturated heterocycles. The van der Waals surface area contributed by atoms with E-state index in [0.717, 1.165) is 0 Å². The molecule has 0 aliphatic rings. The number of fused-ring (bicyclic) bond motifs is 1. The van der Waals surface area contributed by atoms with Crippen molar-refractivity contribution >= 4 is 16.7 Å². The van der Waals surface area contributed by atoms with Gasteiger partial charge in [0.25, 0.3) is 5.56 Å². The van der Waals surface area contributed by atoms with Crippen LogP contribution in [0.5, 0.6) is 0 Å². The number of benzene rings is 2. The van der Waals surface area contributed by atoms with Gasteiger partial charge in [-0.3, -0.25) is 9.59 Å². The van der Waals surface area contributed by atoms with E-state index in [1.54, 1.807) is 41.3 Å². The molecule has 0 unspecified atom stereocenters. The lowest BCUT2D eigenvalue weighted by Gasteiger charge is -2.19. The average Bonchev–Trinajstić information content (AvgIpc) is 2.68. The van der Waals surface area contributed by atoms with E-state index in [-0.39, 0.29) is 30.2 Å². The van der Waals surface area contributed by atoms with Crippen molar-refractivity contribution in [3.05, 3.63) is 76.0 Å². The lowest BCUT2D eigenvalue weighted by molar-refractivity contribution is -0.130. The average molecular weight is 367 g/mol. The van der Waals surface area contributed by atoms with E-state index >= 15 is 0 Å². The van der Waals surface area contributed by atoms with Gasteiger partial charge in [0.05, 0.1) is 24.0 Å². The van der Waals surface area contributed by atoms with Crippen molar-refractivity contribution in [1.29, 1.82) is 0 Å². The molecule has 5 nitrogen and oxygen atoms in total. The molecule has 0 spiro atoms. The Kier molecular flexibility index (Phi) is 5.64. The summed E-state index contributed by atoms with van der Waals surface area (Å²) in [5, 5.41) is 5.56. The van der Waals surface area contributed by atoms with Gasteiger partial charge in [-0.15, -0.1) is 0 Å². The molecule has 1 aromatic heterocycles. The Bertz CT molecular complexity index is 1030. The molecular formula is C21H22FN3O2. The monoisotopic (exact) mass is 367 g/mol. The summed E-state index contributed by atoms with van der Waals surface area (Å²) in [6.07, 6.45) is 0.0970. The number of aromatic nitrogens is 2. The Labute approximate surface area is 157 Å². The highest BCUT2D eigenvalue weighted by atomic mass is 19.1. The summed E-state index contributed by atoms with van der Waals surface area (Å²) in [6, 6.07) is 13.4. The molecule has 0 aliphatic carbocycles. The molecule has 140 valence electrons. The first-order valence-corrected chi connectivity index (χ1v) is 9.05. The number of carbonyl (C=O) groups excluding carboxylic acids is 1. The van der Waals surface area contributed by atoms with Crippen LogP contribution >= 0.6 is 0 Å². The number of amides is 1. The highest BCUT2D eigenvalue weighted by molar-refractivity contribution is 5.88. The fourth-order valence-corrected chi connectivity index (χ4v) is 3.16. The van der Waals surface area contributed by atoms with Gasteiger partial charge in [-0.1, -0.05) is 36.4 Å². The van der Waals surface area contributed by atoms with Gasteiger partial charge in [0.2, 0.25) is 5.91 Å². The van der Waals surface area contributed by atoms with Crippen molar-refractivity contribution in [3.63, 3.8) is 0 Å². The molecule has 6 heteroatoms. The number of likely N-dealkylation sites (N-methyl/N-ethyl adjacent to an activating group) is 1. The normalized spacial score (nSPS) is 10.9. The van der Waals surface area contributed by atoms with E-state index in [9.17, 15) is 14.0 Å². The molecule has 2 aromatic carbocycles. The van der Waals surface area contributed by atoms with Crippen LogP contribution in [0.15, 0.2) is 53.3 Å². The summed E-state index contributed by atoms with van der Waals surface area (Å²) in [4.78, 5) is 27.1. The van der Waals surface area contributed by atoms with Crippen LogP contribution in [0.25, 0.3) is 10.8 Å². The molecule has 0 radical (unpaired) electrons. The summed E-state index contributed by atoms with van der Waals surface area (Å²) < 4.78 is 15.3. The van der Waals surface area contributed by atoms with E-state index in [1.807, 2.05) is 19.9 Å². The Morgan fingerprint density at radius 3 is 2.33 bits per heavy atom. The van der Waals surface area contributed by atoms with Crippen molar-refractivity contribution in [3.8, 4) is 0 Å². The standard InChI is InChI=1S/C21H22FN3O2/c1-3-24(4-2)20(26)13-19-16-10-6-7-11-17(16)21(27)25(23-19)14-15-9-5-8-12-18(15)22/h5-12H,3-4,13-14H2,1-2H3. The number of hydrogen-bond donors (Lipinski definition) is 0. The van der Waals surface area contributed by atoms with Crippen molar-refractivity contribution in [2.75, 3.05) is 13.1 Å². The van der Waals surface area contributed by atoms with E-state index in [1.165, 1.54) is 10.7 Å². The maximum absolute atomic E-state index is 14.0. The third-order valence-corrected chi connectivity index (χ3v) is 4.66. The highest BCUT2D eigenvalue weighted by Crippen LogP contribution is 2.16. The Morgan fingerprint density at radius 1 is 1.04 bits per heavy atom. The molecule has 1 heterocycles. The van der Waals surface area contributed by atoms with Crippen LogP contribution in [0.3, 0.4) is 0 Å². The summed E-state index contributed by atoms with van der Waals surface area (Å²) in [7, 11) is 0. The second-order valence-electron chi connectivity index (χ2n) is 6.29. The van der Waals surface area contributed by atoms with Crippen molar-refractivity contribution in [2.45, 2.75) is 26.8 Å². The van der Waals surface area contributed by atoms with Gasteiger partial charge in [0, 0.05) is 24.0 Å². The first-order valence-electron chi connectivity index (χ1n) is 9.05. The number of rotatable bonds is 6. The lowest BCUT2D eigenvalue weighted by atomic mass is 10.1. The number of hydrogen-bond acceptors (Lipinski definition) is 3. The smallest absolute Gasteiger partial charge is 0.274 e. The molecule has 27 heavy (non-hydrogen) atoms. The zero-order chi connectivity index (χ0) is 19.4. The number of nitrogens with zero attached hydrogens (tertiary/aromatic N) is 3. The van der Waals surface area contributed by atoms with Crippen LogP contribution in [-0.2, 0) is 17.8 Å². The summed E-state index contributed by atoms with van der Waals surface area (Å²) in [6.45, 7) is 5.09. The van der Waals surface area contributed by atoms with Crippen LogP contribution in [0.4, 0.5) is 4.39 Å². The minimum Gasteiger partial charge on any atom is -0.343 e. The highest BCUT2D eigenvalue weighted by Gasteiger charge is 2.17. The van der Waals surface area contributed by atoms with Gasteiger partial charge in [0.1, 0.15) is 5.82 Å². The molecular weight excluding hydrogens is 345 g/mol. The quantitative estimate of drug-likeness (QED) is 0.673. The summed E-state index contributed by atoms with van der Waals surface area (Å²) in [5.74, 6) is -0.436. The third kappa shape index (κ3) is 3.89. The molecule has 3 rings (SSSR count). The molecule has 0 atom stereocenters. The number of halogens is 1. The number of carbonyl (C=O) groups is 1. The first-order chi connectivity index (χ1) is 13.0. The summed E-state index contributed by atoms with van der Waals surface area (Å²) in [5.41, 5.74) is 0.606. The van der Waals surface area contributed by atoms with Gasteiger partial charge in [-0.25, -0.2) is 9.07 Å². The largest absolute Gasteiger partial charge is 0.343 e. The van der Waals surface area contributed by atoms with E-state index in [0.29, 0.717) is 35.1 Å². The van der Waals surface area contributed by atoms with Gasteiger partial charge in [-0.05, 0) is 26.0 Å². The Balaban J connectivity index is 2.08. The second-order valence-corrected chi connectivity index (χ2v) is 6.29. The van der Waals surface area contributed by atoms with Crippen LogP contribution in [0, 0.1) is 5.82 Å². The molecule has 0 bridgehead atoms. The summed E-state index contributed by atoms with van der Waals surface area (Å²) >= 11 is 0. The van der Waals surface area contributed by atoms with Gasteiger partial charge >= 0.3 is 0 Å².